The van der Waals surface area contributed by atoms with E-state index < -0.39 is 5.82 Å². The van der Waals surface area contributed by atoms with Crippen molar-refractivity contribution in [1.29, 1.82) is 5.26 Å². The molecule has 144 valence electrons. The molecule has 0 spiro atoms. The minimum atomic E-state index is -0.445. The SMILES string of the molecule is N#Cc1ccc(N2CCCC(NC(=O)COc3ccccc3C=O)C2)c(F)c1. The van der Waals surface area contributed by atoms with E-state index >= 15 is 0 Å². The van der Waals surface area contributed by atoms with Crippen molar-refractivity contribution in [2.75, 3.05) is 24.6 Å². The molecule has 1 fully saturated rings. The molecule has 7 heteroatoms. The summed E-state index contributed by atoms with van der Waals surface area (Å²) in [5.74, 6) is -0.384. The normalized spacial score (nSPS) is 16.1. The number of nitrogens with zero attached hydrogens (tertiary/aromatic N) is 2. The molecule has 0 bridgehead atoms. The number of nitrogens with one attached hydrogen (secondary N) is 1. The van der Waals surface area contributed by atoms with Gasteiger partial charge in [0.05, 0.1) is 22.9 Å². The summed E-state index contributed by atoms with van der Waals surface area (Å²) in [5, 5.41) is 11.8. The Balaban J connectivity index is 1.56. The highest BCUT2D eigenvalue weighted by Crippen LogP contribution is 2.24. The molecule has 2 aromatic carbocycles. The average Bonchev–Trinajstić information content (AvgIpc) is 2.72. The van der Waals surface area contributed by atoms with Crippen molar-refractivity contribution in [3.8, 4) is 11.8 Å². The first-order valence-electron chi connectivity index (χ1n) is 9.01. The number of carbonyl (C=O) groups excluding carboxylic acids is 2. The van der Waals surface area contributed by atoms with E-state index in [4.69, 9.17) is 10.00 Å². The van der Waals surface area contributed by atoms with Crippen molar-refractivity contribution in [3.63, 3.8) is 0 Å². The number of nitriles is 1. The first-order valence-corrected chi connectivity index (χ1v) is 9.01. The van der Waals surface area contributed by atoms with Gasteiger partial charge in [0.25, 0.3) is 5.91 Å². The van der Waals surface area contributed by atoms with Crippen LogP contribution in [0.2, 0.25) is 0 Å². The maximum absolute atomic E-state index is 14.3. The molecule has 28 heavy (non-hydrogen) atoms. The Morgan fingerprint density at radius 1 is 1.36 bits per heavy atom. The van der Waals surface area contributed by atoms with Crippen molar-refractivity contribution < 1.29 is 18.7 Å². The molecule has 6 nitrogen and oxygen atoms in total. The molecule has 1 heterocycles. The van der Waals surface area contributed by atoms with Gasteiger partial charge in [-0.15, -0.1) is 0 Å². The van der Waals surface area contributed by atoms with Gasteiger partial charge in [-0.3, -0.25) is 9.59 Å². The van der Waals surface area contributed by atoms with E-state index in [1.807, 2.05) is 11.0 Å². The first-order chi connectivity index (χ1) is 13.6. The number of piperidine rings is 1. The fraction of sp³-hybridized carbons (Fsp3) is 0.286. The molecule has 2 aromatic rings. The largest absolute Gasteiger partial charge is 0.483 e. The Labute approximate surface area is 162 Å². The Bertz CT molecular complexity index is 910. The zero-order chi connectivity index (χ0) is 19.9. The summed E-state index contributed by atoms with van der Waals surface area (Å²) >= 11 is 0. The number of halogens is 1. The number of anilines is 1. The molecule has 1 unspecified atom stereocenters. The molecule has 1 amide bonds. The summed E-state index contributed by atoms with van der Waals surface area (Å²) in [4.78, 5) is 25.1. The summed E-state index contributed by atoms with van der Waals surface area (Å²) in [7, 11) is 0. The highest BCUT2D eigenvalue weighted by molar-refractivity contribution is 5.81. The van der Waals surface area contributed by atoms with Crippen molar-refractivity contribution in [3.05, 3.63) is 59.4 Å². The Kier molecular flexibility index (Phi) is 6.22. The van der Waals surface area contributed by atoms with Gasteiger partial charge in [0, 0.05) is 19.1 Å². The molecule has 1 atom stereocenters. The highest BCUT2D eigenvalue weighted by Gasteiger charge is 2.23. The van der Waals surface area contributed by atoms with Gasteiger partial charge < -0.3 is 15.0 Å². The van der Waals surface area contributed by atoms with Crippen LogP contribution in [0.3, 0.4) is 0 Å². The van der Waals surface area contributed by atoms with Gasteiger partial charge in [0.2, 0.25) is 0 Å². The summed E-state index contributed by atoms with van der Waals surface area (Å²) < 4.78 is 19.7. The van der Waals surface area contributed by atoms with Crippen LogP contribution >= 0.6 is 0 Å². The van der Waals surface area contributed by atoms with Gasteiger partial charge in [-0.2, -0.15) is 5.26 Å². The molecule has 1 aliphatic heterocycles. The number of para-hydroxylation sites is 1. The van der Waals surface area contributed by atoms with E-state index in [1.165, 1.54) is 6.07 Å². The van der Waals surface area contributed by atoms with Crippen LogP contribution in [0.1, 0.15) is 28.8 Å². The zero-order valence-electron chi connectivity index (χ0n) is 15.2. The zero-order valence-corrected chi connectivity index (χ0v) is 15.2. The number of hydrogen-bond acceptors (Lipinski definition) is 5. The van der Waals surface area contributed by atoms with Crippen LogP contribution in [0, 0.1) is 17.1 Å². The second-order valence-corrected chi connectivity index (χ2v) is 6.58. The number of carbonyl (C=O) groups is 2. The van der Waals surface area contributed by atoms with Gasteiger partial charge in [0.15, 0.2) is 12.9 Å². The minimum absolute atomic E-state index is 0.138. The first kappa shape index (κ1) is 19.4. The van der Waals surface area contributed by atoms with Crippen molar-refractivity contribution >= 4 is 17.9 Å². The van der Waals surface area contributed by atoms with Gasteiger partial charge in [-0.05, 0) is 43.2 Å². The second-order valence-electron chi connectivity index (χ2n) is 6.58. The Morgan fingerprint density at radius 2 is 2.18 bits per heavy atom. The molecule has 1 aliphatic rings. The van der Waals surface area contributed by atoms with E-state index in [9.17, 15) is 14.0 Å². The van der Waals surface area contributed by atoms with Crippen LogP contribution in [0.5, 0.6) is 5.75 Å². The third-order valence-corrected chi connectivity index (χ3v) is 4.61. The fourth-order valence-electron chi connectivity index (χ4n) is 3.27. The number of aldehydes is 1. The van der Waals surface area contributed by atoms with E-state index in [0.717, 1.165) is 12.8 Å². The van der Waals surface area contributed by atoms with Gasteiger partial charge in [0.1, 0.15) is 11.6 Å². The van der Waals surface area contributed by atoms with Crippen LogP contribution in [-0.4, -0.2) is 37.9 Å². The standard InChI is InChI=1S/C21H20FN3O3/c22-18-10-15(11-23)7-8-19(18)25-9-3-5-17(12-25)24-21(27)14-28-20-6-2-1-4-16(20)13-26/h1-2,4,6-8,10,13,17H,3,5,9,12,14H2,(H,24,27). The maximum Gasteiger partial charge on any atom is 0.258 e. The minimum Gasteiger partial charge on any atom is -0.483 e. The van der Waals surface area contributed by atoms with E-state index in [2.05, 4.69) is 5.32 Å². The third kappa shape index (κ3) is 4.65. The van der Waals surface area contributed by atoms with Gasteiger partial charge >= 0.3 is 0 Å². The van der Waals surface area contributed by atoms with E-state index in [1.54, 1.807) is 36.4 Å². The lowest BCUT2D eigenvalue weighted by atomic mass is 10.0. The van der Waals surface area contributed by atoms with E-state index in [-0.39, 0.29) is 24.1 Å². The number of amides is 1. The number of ether oxygens (including phenoxy) is 1. The Morgan fingerprint density at radius 3 is 2.93 bits per heavy atom. The molecule has 0 aliphatic carbocycles. The topological polar surface area (TPSA) is 82.4 Å². The molecular weight excluding hydrogens is 361 g/mol. The predicted molar refractivity (Wildman–Crippen MR) is 102 cm³/mol. The van der Waals surface area contributed by atoms with Crippen molar-refractivity contribution in [2.45, 2.75) is 18.9 Å². The van der Waals surface area contributed by atoms with E-state index in [0.29, 0.717) is 36.4 Å². The summed E-state index contributed by atoms with van der Waals surface area (Å²) in [6, 6.07) is 12.9. The maximum atomic E-state index is 14.3. The van der Waals surface area contributed by atoms with Crippen molar-refractivity contribution in [1.82, 2.24) is 5.32 Å². The van der Waals surface area contributed by atoms with Crippen molar-refractivity contribution in [2.24, 2.45) is 0 Å². The van der Waals surface area contributed by atoms with Crippen LogP contribution < -0.4 is 15.0 Å². The van der Waals surface area contributed by atoms with Gasteiger partial charge in [-0.1, -0.05) is 12.1 Å². The lowest BCUT2D eigenvalue weighted by molar-refractivity contribution is -0.123. The monoisotopic (exact) mass is 381 g/mol. The highest BCUT2D eigenvalue weighted by atomic mass is 19.1. The molecule has 1 saturated heterocycles. The molecule has 0 aromatic heterocycles. The summed E-state index contributed by atoms with van der Waals surface area (Å²) in [5.41, 5.74) is 1.08. The quantitative estimate of drug-likeness (QED) is 0.778. The molecule has 0 radical (unpaired) electrons. The lowest BCUT2D eigenvalue weighted by Gasteiger charge is -2.35. The molecule has 1 N–H and O–H groups in total. The van der Waals surface area contributed by atoms with Crippen LogP contribution in [0.25, 0.3) is 0 Å². The summed E-state index contributed by atoms with van der Waals surface area (Å²) in [6.07, 6.45) is 2.27. The summed E-state index contributed by atoms with van der Waals surface area (Å²) in [6.45, 7) is 0.949. The Hall–Kier alpha value is -3.40. The number of rotatable bonds is 6. The van der Waals surface area contributed by atoms with Crippen LogP contribution in [0.15, 0.2) is 42.5 Å². The van der Waals surface area contributed by atoms with Crippen LogP contribution in [-0.2, 0) is 4.79 Å². The third-order valence-electron chi connectivity index (χ3n) is 4.61. The smallest absolute Gasteiger partial charge is 0.258 e. The molecule has 3 rings (SSSR count). The predicted octanol–water partition coefficient (Wildman–Crippen LogP) is 2.67. The number of benzene rings is 2. The van der Waals surface area contributed by atoms with Gasteiger partial charge in [-0.25, -0.2) is 4.39 Å². The van der Waals surface area contributed by atoms with Crippen LogP contribution in [0.4, 0.5) is 10.1 Å². The molecular formula is C21H20FN3O3. The fourth-order valence-corrected chi connectivity index (χ4v) is 3.27. The second kappa shape index (κ2) is 9.00. The number of hydrogen-bond donors (Lipinski definition) is 1. The average molecular weight is 381 g/mol. The molecule has 0 saturated carbocycles. The lowest BCUT2D eigenvalue weighted by Crippen LogP contribution is -2.49.